The lowest BCUT2D eigenvalue weighted by Crippen LogP contribution is -2.20. The maximum absolute atomic E-state index is 12.0. The van der Waals surface area contributed by atoms with Gasteiger partial charge in [-0.2, -0.15) is 0 Å². The number of pyridine rings is 2. The lowest BCUT2D eigenvalue weighted by molar-refractivity contribution is -0.114. The zero-order chi connectivity index (χ0) is 30.1. The van der Waals surface area contributed by atoms with Crippen LogP contribution in [0.2, 0.25) is 0 Å². The Balaban J connectivity index is 1.45. The SMILES string of the molecule is CC(=O)Nc1cccc(-c2ccc3nc(-c4cccnc4N)n(-c4ccc(CN(c5cn(C)cn5)[SH](=O)=O)cc4)c3n2)c1. The molecule has 0 atom stereocenters. The number of fused-ring (bicyclic) bond motifs is 1. The zero-order valence-corrected chi connectivity index (χ0v) is 24.1. The van der Waals surface area contributed by atoms with Crippen molar-refractivity contribution in [2.75, 3.05) is 15.4 Å². The second-order valence-corrected chi connectivity index (χ2v) is 10.8. The monoisotopic (exact) mass is 593 g/mol. The van der Waals surface area contributed by atoms with Gasteiger partial charge < -0.3 is 15.6 Å². The normalized spacial score (nSPS) is 11.2. The predicted octanol–water partition coefficient (Wildman–Crippen LogP) is 3.96. The van der Waals surface area contributed by atoms with Crippen molar-refractivity contribution in [1.82, 2.24) is 29.1 Å². The van der Waals surface area contributed by atoms with Crippen LogP contribution in [0.25, 0.3) is 39.5 Å². The Bertz CT molecular complexity index is 2040. The highest BCUT2D eigenvalue weighted by Gasteiger charge is 2.19. The van der Waals surface area contributed by atoms with E-state index in [0.717, 1.165) is 16.8 Å². The second-order valence-electron chi connectivity index (χ2n) is 9.87. The summed E-state index contributed by atoms with van der Waals surface area (Å²) in [5.41, 5.74) is 11.8. The van der Waals surface area contributed by atoms with Gasteiger partial charge in [0, 0.05) is 43.3 Å². The van der Waals surface area contributed by atoms with Crippen LogP contribution in [0, 0.1) is 0 Å². The molecule has 0 saturated carbocycles. The molecule has 0 bridgehead atoms. The van der Waals surface area contributed by atoms with Crippen LogP contribution in [0.1, 0.15) is 12.5 Å². The highest BCUT2D eigenvalue weighted by atomic mass is 32.2. The van der Waals surface area contributed by atoms with Gasteiger partial charge in [-0.3, -0.25) is 13.7 Å². The molecule has 6 rings (SSSR count). The molecular formula is C30H27N9O3S. The van der Waals surface area contributed by atoms with E-state index in [1.165, 1.54) is 11.2 Å². The number of carbonyl (C=O) groups is 1. The van der Waals surface area contributed by atoms with Crippen LogP contribution in [0.3, 0.4) is 0 Å². The summed E-state index contributed by atoms with van der Waals surface area (Å²) in [5, 5.41) is 2.81. The molecule has 0 unspecified atom stereocenters. The zero-order valence-electron chi connectivity index (χ0n) is 23.2. The van der Waals surface area contributed by atoms with Gasteiger partial charge in [0.25, 0.3) is 0 Å². The van der Waals surface area contributed by atoms with Crippen molar-refractivity contribution in [3.8, 4) is 28.3 Å². The summed E-state index contributed by atoms with van der Waals surface area (Å²) < 4.78 is 28.9. The number of aryl methyl sites for hydroxylation is 1. The first-order valence-electron chi connectivity index (χ1n) is 13.2. The molecule has 0 radical (unpaired) electrons. The molecule has 0 aliphatic carbocycles. The van der Waals surface area contributed by atoms with E-state index in [1.807, 2.05) is 71.3 Å². The molecule has 0 fully saturated rings. The predicted molar refractivity (Wildman–Crippen MR) is 166 cm³/mol. The van der Waals surface area contributed by atoms with Crippen molar-refractivity contribution in [3.05, 3.63) is 97.1 Å². The van der Waals surface area contributed by atoms with E-state index in [0.29, 0.717) is 45.6 Å². The molecule has 216 valence electrons. The fourth-order valence-electron chi connectivity index (χ4n) is 4.79. The standard InChI is InChI=1S/C30H27N9O3S/c1-19(40)34-22-6-3-5-21(15-22)25-12-13-26-30(35-25)39(29(36-26)24-7-4-14-32-28(24)31)23-10-8-20(9-11-23)16-38(43(41)42)27-17-37(2)18-33-27/h3-15,17-18,43H,16H2,1-2H3,(H2,31,32)(H,34,40). The third kappa shape index (κ3) is 5.65. The van der Waals surface area contributed by atoms with Gasteiger partial charge >= 0.3 is 0 Å². The van der Waals surface area contributed by atoms with Gasteiger partial charge in [0.2, 0.25) is 16.8 Å². The number of amides is 1. The maximum atomic E-state index is 12.0. The fraction of sp³-hybridized carbons (Fsp3) is 0.100. The van der Waals surface area contributed by atoms with Crippen LogP contribution in [0.4, 0.5) is 17.3 Å². The number of nitrogens with zero attached hydrogens (tertiary/aromatic N) is 7. The Morgan fingerprint density at radius 2 is 1.81 bits per heavy atom. The topological polar surface area (TPSA) is 154 Å². The van der Waals surface area contributed by atoms with Gasteiger partial charge in [0.1, 0.15) is 11.3 Å². The van der Waals surface area contributed by atoms with Crippen LogP contribution in [0.15, 0.2) is 91.5 Å². The van der Waals surface area contributed by atoms with Crippen LogP contribution in [0.5, 0.6) is 0 Å². The summed E-state index contributed by atoms with van der Waals surface area (Å²) in [6.07, 6.45) is 4.82. The first-order valence-corrected chi connectivity index (χ1v) is 14.4. The summed E-state index contributed by atoms with van der Waals surface area (Å²) in [4.78, 5) is 29.9. The summed E-state index contributed by atoms with van der Waals surface area (Å²) in [7, 11) is -1.12. The molecule has 43 heavy (non-hydrogen) atoms. The molecule has 6 aromatic rings. The highest BCUT2D eigenvalue weighted by Crippen LogP contribution is 2.32. The molecule has 3 N–H and O–H groups in total. The van der Waals surface area contributed by atoms with Crippen molar-refractivity contribution < 1.29 is 13.2 Å². The first kappa shape index (κ1) is 27.6. The van der Waals surface area contributed by atoms with E-state index in [1.54, 1.807) is 36.4 Å². The number of imidazole rings is 2. The number of anilines is 3. The number of rotatable bonds is 8. The molecule has 4 heterocycles. The van der Waals surface area contributed by atoms with Crippen molar-refractivity contribution >= 4 is 45.3 Å². The number of nitrogens with two attached hydrogens (primary N) is 1. The average Bonchev–Trinajstić information content (AvgIpc) is 3.59. The van der Waals surface area contributed by atoms with E-state index in [2.05, 4.69) is 15.3 Å². The minimum atomic E-state index is -2.90. The lowest BCUT2D eigenvalue weighted by Gasteiger charge is -2.16. The van der Waals surface area contributed by atoms with Gasteiger partial charge in [0.15, 0.2) is 17.3 Å². The van der Waals surface area contributed by atoms with Gasteiger partial charge in [-0.1, -0.05) is 24.3 Å². The van der Waals surface area contributed by atoms with E-state index in [9.17, 15) is 13.2 Å². The Labute approximate surface area is 248 Å². The summed E-state index contributed by atoms with van der Waals surface area (Å²) >= 11 is 0. The van der Waals surface area contributed by atoms with Crippen LogP contribution >= 0.6 is 0 Å². The Morgan fingerprint density at radius 1 is 1.00 bits per heavy atom. The number of benzene rings is 2. The van der Waals surface area contributed by atoms with Crippen molar-refractivity contribution in [2.24, 2.45) is 7.05 Å². The molecule has 2 aromatic carbocycles. The Morgan fingerprint density at radius 3 is 2.51 bits per heavy atom. The third-order valence-electron chi connectivity index (χ3n) is 6.74. The molecular weight excluding hydrogens is 566 g/mol. The number of thiol groups is 1. The van der Waals surface area contributed by atoms with Gasteiger partial charge in [-0.15, -0.1) is 0 Å². The van der Waals surface area contributed by atoms with Gasteiger partial charge in [-0.25, -0.2) is 28.4 Å². The van der Waals surface area contributed by atoms with Crippen molar-refractivity contribution in [1.29, 1.82) is 0 Å². The maximum Gasteiger partial charge on any atom is 0.226 e. The summed E-state index contributed by atoms with van der Waals surface area (Å²) in [6, 6.07) is 22.3. The molecule has 0 aliphatic rings. The van der Waals surface area contributed by atoms with Crippen molar-refractivity contribution in [2.45, 2.75) is 13.5 Å². The van der Waals surface area contributed by atoms with E-state index < -0.39 is 10.9 Å². The molecule has 1 amide bonds. The van der Waals surface area contributed by atoms with Crippen LogP contribution in [-0.4, -0.2) is 43.4 Å². The summed E-state index contributed by atoms with van der Waals surface area (Å²) in [5.74, 6) is 1.06. The van der Waals surface area contributed by atoms with Crippen LogP contribution in [-0.2, 0) is 29.3 Å². The largest absolute Gasteiger partial charge is 0.383 e. The number of carbonyl (C=O) groups excluding carboxylic acids is 1. The van der Waals surface area contributed by atoms with Gasteiger partial charge in [-0.05, 0) is 54.1 Å². The van der Waals surface area contributed by atoms with E-state index >= 15 is 0 Å². The molecule has 12 nitrogen and oxygen atoms in total. The minimum absolute atomic E-state index is 0.121. The average molecular weight is 594 g/mol. The molecule has 13 heteroatoms. The van der Waals surface area contributed by atoms with E-state index in [-0.39, 0.29) is 12.5 Å². The lowest BCUT2D eigenvalue weighted by atomic mass is 10.1. The third-order valence-corrected chi connectivity index (χ3v) is 7.48. The quantitative estimate of drug-likeness (QED) is 0.224. The second kappa shape index (κ2) is 11.4. The van der Waals surface area contributed by atoms with Crippen LogP contribution < -0.4 is 15.4 Å². The number of hydrogen-bond donors (Lipinski definition) is 3. The van der Waals surface area contributed by atoms with E-state index in [4.69, 9.17) is 15.7 Å². The number of nitrogens with one attached hydrogen (secondary N) is 1. The smallest absolute Gasteiger partial charge is 0.226 e. The van der Waals surface area contributed by atoms with Gasteiger partial charge in [0.05, 0.1) is 24.1 Å². The molecule has 4 aromatic heterocycles. The Kier molecular flexibility index (Phi) is 7.30. The molecule has 0 spiro atoms. The first-order chi connectivity index (χ1) is 20.8. The fourth-order valence-corrected chi connectivity index (χ4v) is 5.34. The number of aromatic nitrogens is 6. The number of nitrogen functional groups attached to an aromatic ring is 1. The Hall–Kier alpha value is -5.56. The van der Waals surface area contributed by atoms with Crippen molar-refractivity contribution in [3.63, 3.8) is 0 Å². The number of hydrogen-bond acceptors (Lipinski definition) is 8. The highest BCUT2D eigenvalue weighted by molar-refractivity contribution is 7.74. The summed E-state index contributed by atoms with van der Waals surface area (Å²) in [6.45, 7) is 1.58. The molecule has 0 aliphatic heterocycles. The molecule has 0 saturated heterocycles. The minimum Gasteiger partial charge on any atom is -0.383 e.